The van der Waals surface area contributed by atoms with E-state index in [1.807, 2.05) is 30.3 Å². The Hall–Kier alpha value is -0.823. The van der Waals surface area contributed by atoms with Gasteiger partial charge in [0.2, 0.25) is 0 Å². The van der Waals surface area contributed by atoms with Gasteiger partial charge >= 0.3 is 70.2 Å². The number of halogens is 6. The number of hydrogen-bond donors (Lipinski definition) is 0. The Balaban J connectivity index is -0.000000714. The summed E-state index contributed by atoms with van der Waals surface area (Å²) in [6.45, 7) is 12.0. The Labute approximate surface area is 368 Å². The summed E-state index contributed by atoms with van der Waals surface area (Å²) in [4.78, 5) is 1.85. The van der Waals surface area contributed by atoms with Crippen LogP contribution in [0.15, 0.2) is 88.7 Å². The molecule has 0 unspecified atom stereocenters. The van der Waals surface area contributed by atoms with Gasteiger partial charge in [-0.05, 0) is 53.9 Å². The van der Waals surface area contributed by atoms with Crippen LogP contribution in [-0.4, -0.2) is 27.9 Å². The van der Waals surface area contributed by atoms with Gasteiger partial charge in [0.25, 0.3) is 0 Å². The van der Waals surface area contributed by atoms with Crippen molar-refractivity contribution in [1.29, 1.82) is 0 Å². The third kappa shape index (κ3) is 17.4. The van der Waals surface area contributed by atoms with Gasteiger partial charge in [0, 0.05) is 0 Å². The van der Waals surface area contributed by atoms with E-state index in [-0.39, 0.29) is 53.8 Å². The summed E-state index contributed by atoms with van der Waals surface area (Å²) in [5.74, 6) is 4.68. The molecule has 2 aliphatic rings. The van der Waals surface area contributed by atoms with Gasteiger partial charge in [-0.1, -0.05) is 130 Å². The van der Waals surface area contributed by atoms with Crippen molar-refractivity contribution >= 4 is 69.3 Å². The van der Waals surface area contributed by atoms with E-state index in [9.17, 15) is 43.2 Å². The summed E-state index contributed by atoms with van der Waals surface area (Å²) < 4.78 is 113. The van der Waals surface area contributed by atoms with Crippen LogP contribution in [0.1, 0.15) is 66.7 Å². The molecule has 0 heterocycles. The van der Waals surface area contributed by atoms with Crippen LogP contribution in [0.5, 0.6) is 0 Å². The van der Waals surface area contributed by atoms with Crippen LogP contribution in [0.3, 0.4) is 0 Å². The Morgan fingerprint density at radius 3 is 1.02 bits per heavy atom. The molecule has 0 aliphatic heterocycles. The molecule has 6 nitrogen and oxygen atoms in total. The van der Waals surface area contributed by atoms with Crippen LogP contribution >= 0.6 is 7.92 Å². The van der Waals surface area contributed by atoms with E-state index in [2.05, 4.69) is 91.8 Å². The maximum atomic E-state index is 11.4. The summed E-state index contributed by atoms with van der Waals surface area (Å²) in [7, 11) is -14.3. The summed E-state index contributed by atoms with van der Waals surface area (Å²) in [5.41, 5.74) is -12.2. The number of benzene rings is 3. The molecular weight excluding hydrogens is 1020 g/mol. The molecule has 3 aromatic carbocycles. The largest absolute Gasteiger partial charge is 1.00 e. The average molecular weight is 1070 g/mol. The normalized spacial score (nSPS) is 20.4. The number of alkyl halides is 6. The molecule has 0 aromatic heterocycles. The van der Waals surface area contributed by atoms with Crippen molar-refractivity contribution in [2.24, 2.45) is 29.6 Å². The monoisotopic (exact) mass is 1070 g/mol. The number of hydrogen-bond acceptors (Lipinski definition) is 8. The van der Waals surface area contributed by atoms with Crippen LogP contribution in [0.2, 0.25) is 0 Å². The van der Waals surface area contributed by atoms with E-state index in [4.69, 9.17) is 25.3 Å². The van der Waals surface area contributed by atoms with Crippen LogP contribution in [0.25, 0.3) is 0 Å². The molecule has 2 fully saturated rings. The molecule has 0 atom stereocenters. The van der Waals surface area contributed by atoms with Crippen LogP contribution < -0.4 is 15.9 Å². The molecule has 0 saturated heterocycles. The van der Waals surface area contributed by atoms with Crippen LogP contribution in [0, 0.1) is 44.4 Å². The molecule has 0 spiro atoms. The van der Waals surface area contributed by atoms with E-state index < -0.39 is 39.2 Å². The van der Waals surface area contributed by atoms with Crippen molar-refractivity contribution in [1.82, 2.24) is 0 Å². The fourth-order valence-electron chi connectivity index (χ4n) is 5.84. The van der Waals surface area contributed by atoms with Gasteiger partial charge in [-0.2, -0.15) is 43.2 Å². The maximum Gasteiger partial charge on any atom is 1.00 e. The maximum absolute atomic E-state index is 11.4. The summed E-state index contributed by atoms with van der Waals surface area (Å²) in [6.07, 6.45) is 7.50. The van der Waals surface area contributed by atoms with Gasteiger partial charge < -0.3 is 40.1 Å². The first kappa shape index (κ1) is 59.5. The second-order valence-corrected chi connectivity index (χ2v) is 19.0. The summed E-state index contributed by atoms with van der Waals surface area (Å²) in [5, 5.41) is 3.79. The van der Waals surface area contributed by atoms with E-state index in [1.54, 1.807) is 0 Å². The zero-order chi connectivity index (χ0) is 39.5. The second-order valence-electron chi connectivity index (χ2n) is 12.7. The molecule has 0 amide bonds. The molecular formula is C37H50F6O6PRu2S4-. The Morgan fingerprint density at radius 1 is 0.518 bits per heavy atom. The zero-order valence-electron chi connectivity index (χ0n) is 32.0. The SMILES string of the molecule is C1CCCC1.CC1C(C)C(C)C(C)C1C.O=S(=O)(OOS(=O)(=O)C(F)(F)F)C(F)(F)F.[CH3-].[CH3-].[Ru+].[Ru+].[S-]c1ccccc1[PH+](c1ccccc1)c1ccccc1[S-]. The molecule has 3 aromatic rings. The quantitative estimate of drug-likeness (QED) is 0.0353. The van der Waals surface area contributed by atoms with Gasteiger partial charge in [-0.25, -0.2) is 0 Å². The van der Waals surface area contributed by atoms with E-state index in [0.29, 0.717) is 0 Å². The standard InChI is InChI=1S/C18H15PS2.C10H20.C5H10.C2F6O6S2.2CH3.2Ru/c20-17-12-6-4-10-15(17)19(14-8-2-1-3-9-14)16-11-5-7-13-18(16)21;1-6-7(2)9(4)10(5)8(6)3;1-2-4-5-3-1;3-1(4,5)15(9,10)13-14-16(11,12)2(6,7)8;;;;/h1-13,20-21H;6-10H,1-5H3;1-5H2;;2*1H3;;/q;;;;2*-1;2*+1/p-1. The fraction of sp³-hybridized carbons (Fsp3) is 0.459. The van der Waals surface area contributed by atoms with Gasteiger partial charge in [0.15, 0.2) is 0 Å². The molecule has 56 heavy (non-hydrogen) atoms. The van der Waals surface area contributed by atoms with E-state index in [0.717, 1.165) is 39.4 Å². The minimum absolute atomic E-state index is 0. The van der Waals surface area contributed by atoms with Crippen LogP contribution in [-0.2, 0) is 93.1 Å². The molecule has 2 aliphatic carbocycles. The molecule has 5 rings (SSSR count). The third-order valence-corrected chi connectivity index (χ3v) is 15.2. The topological polar surface area (TPSA) is 86.7 Å². The van der Waals surface area contributed by atoms with Gasteiger partial charge in [0.1, 0.15) is 5.30 Å². The minimum Gasteiger partial charge on any atom is -0.776 e. The average Bonchev–Trinajstić information content (AvgIpc) is 3.72. The molecule has 0 N–H and O–H groups in total. The van der Waals surface area contributed by atoms with Crippen molar-refractivity contribution < 1.29 is 90.8 Å². The zero-order valence-corrected chi connectivity index (χ0v) is 39.7. The van der Waals surface area contributed by atoms with Crippen molar-refractivity contribution in [2.45, 2.75) is 87.5 Å². The number of rotatable bonds is 6. The fourth-order valence-corrected chi connectivity index (χ4v) is 10.1. The third-order valence-electron chi connectivity index (χ3n) is 9.55. The van der Waals surface area contributed by atoms with E-state index in [1.165, 1.54) is 48.0 Å². The first-order valence-corrected chi connectivity index (χ1v) is 21.6. The van der Waals surface area contributed by atoms with Gasteiger partial charge in [0.05, 0.1) is 18.5 Å². The predicted octanol–water partition coefficient (Wildman–Crippen LogP) is 9.65. The Kier molecular flexibility index (Phi) is 28.0. The molecule has 322 valence electrons. The first-order valence-electron chi connectivity index (χ1n) is 16.5. The predicted molar refractivity (Wildman–Crippen MR) is 212 cm³/mol. The smallest absolute Gasteiger partial charge is 0.776 e. The van der Waals surface area contributed by atoms with E-state index >= 15 is 0 Å². The van der Waals surface area contributed by atoms with Crippen molar-refractivity contribution in [2.75, 3.05) is 0 Å². The second kappa shape index (κ2) is 26.4. The Bertz CT molecular complexity index is 1630. The van der Waals surface area contributed by atoms with Crippen molar-refractivity contribution in [3.05, 3.63) is 93.7 Å². The summed E-state index contributed by atoms with van der Waals surface area (Å²) in [6, 6.07) is 27.0. The Morgan fingerprint density at radius 2 is 0.768 bits per heavy atom. The van der Waals surface area contributed by atoms with Gasteiger partial charge in [-0.3, -0.25) is 0 Å². The first-order chi connectivity index (χ1) is 24.0. The molecule has 0 bridgehead atoms. The minimum atomic E-state index is -6.59. The molecule has 2 radical (unpaired) electrons. The molecule has 19 heteroatoms. The molecule has 2 saturated carbocycles. The van der Waals surface area contributed by atoms with Crippen LogP contribution in [0.4, 0.5) is 26.3 Å². The van der Waals surface area contributed by atoms with Crippen molar-refractivity contribution in [3.8, 4) is 0 Å². The van der Waals surface area contributed by atoms with Gasteiger partial charge in [-0.15, -0.1) is 9.79 Å². The van der Waals surface area contributed by atoms with Crippen molar-refractivity contribution in [3.63, 3.8) is 0 Å². The summed E-state index contributed by atoms with van der Waals surface area (Å²) >= 11 is 11.1.